The number of aryl methyl sites for hydroxylation is 1. The first-order valence-electron chi connectivity index (χ1n) is 5.24. The van der Waals surface area contributed by atoms with Crippen molar-refractivity contribution in [3.05, 3.63) is 51.4 Å². The first-order valence-corrected chi connectivity index (χ1v) is 6.32. The van der Waals surface area contributed by atoms with E-state index in [9.17, 15) is 4.79 Å². The summed E-state index contributed by atoms with van der Waals surface area (Å²) in [5.74, 6) is -0.313. The molecule has 0 aliphatic carbocycles. The third-order valence-electron chi connectivity index (χ3n) is 2.18. The van der Waals surface area contributed by atoms with Gasteiger partial charge in [-0.2, -0.15) is 10.2 Å². The molecule has 5 nitrogen and oxygen atoms in total. The molecule has 92 valence electrons. The van der Waals surface area contributed by atoms with Crippen molar-refractivity contribution >= 4 is 34.7 Å². The highest BCUT2D eigenvalue weighted by Gasteiger charge is 2.12. The van der Waals surface area contributed by atoms with Gasteiger partial charge in [-0.3, -0.25) is 9.48 Å². The van der Waals surface area contributed by atoms with E-state index in [2.05, 4.69) is 38.2 Å². The van der Waals surface area contributed by atoms with Crippen molar-refractivity contribution in [1.29, 1.82) is 0 Å². The maximum Gasteiger partial charge on any atom is 0.292 e. The maximum absolute atomic E-state index is 11.8. The van der Waals surface area contributed by atoms with Gasteiger partial charge in [0, 0.05) is 13.2 Å². The summed E-state index contributed by atoms with van der Waals surface area (Å²) < 4.78 is 2.39. The molecule has 0 unspecified atom stereocenters. The largest absolute Gasteiger partial charge is 0.292 e. The van der Waals surface area contributed by atoms with Gasteiger partial charge >= 0.3 is 0 Å². The zero-order chi connectivity index (χ0) is 13.0. The van der Waals surface area contributed by atoms with Gasteiger partial charge in [-0.15, -0.1) is 0 Å². The number of halogens is 1. The van der Waals surface area contributed by atoms with Gasteiger partial charge in [0.15, 0.2) is 5.69 Å². The number of carbonyl (C=O) groups is 1. The molecule has 0 aliphatic rings. The monoisotopic (exact) mass is 354 g/mol. The van der Waals surface area contributed by atoms with Crippen molar-refractivity contribution < 1.29 is 4.79 Å². The summed E-state index contributed by atoms with van der Waals surface area (Å²) in [6, 6.07) is 9.54. The zero-order valence-corrected chi connectivity index (χ0v) is 11.8. The van der Waals surface area contributed by atoms with Gasteiger partial charge in [0.2, 0.25) is 0 Å². The minimum Gasteiger partial charge on any atom is -0.274 e. The molecule has 0 fully saturated rings. The van der Waals surface area contributed by atoms with E-state index in [1.165, 1.54) is 0 Å². The number of rotatable bonds is 3. The van der Waals surface area contributed by atoms with Crippen LogP contribution in [-0.4, -0.2) is 21.9 Å². The molecule has 6 heteroatoms. The Balaban J connectivity index is 2.01. The number of nitrogens with one attached hydrogen (secondary N) is 1. The van der Waals surface area contributed by atoms with Crippen LogP contribution in [-0.2, 0) is 7.05 Å². The molecular weight excluding hydrogens is 343 g/mol. The van der Waals surface area contributed by atoms with Crippen molar-refractivity contribution in [2.45, 2.75) is 0 Å². The number of nitrogens with zero attached hydrogens (tertiary/aromatic N) is 3. The van der Waals surface area contributed by atoms with E-state index in [-0.39, 0.29) is 5.91 Å². The predicted molar refractivity (Wildman–Crippen MR) is 77.4 cm³/mol. The van der Waals surface area contributed by atoms with E-state index >= 15 is 0 Å². The molecule has 1 N–H and O–H groups in total. The molecule has 0 aliphatic heterocycles. The van der Waals surface area contributed by atoms with Crippen molar-refractivity contribution in [2.75, 3.05) is 0 Å². The molecule has 0 radical (unpaired) electrons. The lowest BCUT2D eigenvalue weighted by atomic mass is 10.2. The molecule has 1 aromatic carbocycles. The third kappa shape index (κ3) is 3.16. The van der Waals surface area contributed by atoms with Crippen LogP contribution in [0.1, 0.15) is 16.1 Å². The van der Waals surface area contributed by atoms with Gasteiger partial charge in [0.25, 0.3) is 5.91 Å². The number of hydrogen-bond donors (Lipinski definition) is 1. The van der Waals surface area contributed by atoms with Gasteiger partial charge in [-0.1, -0.05) is 30.3 Å². The third-order valence-corrected chi connectivity index (χ3v) is 2.97. The fraction of sp³-hybridized carbons (Fsp3) is 0.0833. The molecule has 1 amide bonds. The fourth-order valence-corrected chi connectivity index (χ4v) is 2.13. The molecule has 0 spiro atoms. The van der Waals surface area contributed by atoms with E-state index in [0.717, 1.165) is 9.13 Å². The molecule has 18 heavy (non-hydrogen) atoms. The van der Waals surface area contributed by atoms with Crippen LogP contribution in [0.2, 0.25) is 0 Å². The number of carbonyl (C=O) groups excluding carboxylic acids is 1. The van der Waals surface area contributed by atoms with E-state index in [4.69, 9.17) is 0 Å². The second kappa shape index (κ2) is 5.76. The fourth-order valence-electron chi connectivity index (χ4n) is 1.37. The molecule has 0 saturated heterocycles. The average molecular weight is 354 g/mol. The van der Waals surface area contributed by atoms with Crippen molar-refractivity contribution in [3.63, 3.8) is 0 Å². The van der Waals surface area contributed by atoms with Gasteiger partial charge in [0.05, 0.1) is 9.78 Å². The van der Waals surface area contributed by atoms with E-state index < -0.39 is 0 Å². The van der Waals surface area contributed by atoms with Crippen LogP contribution < -0.4 is 5.43 Å². The Labute approximate surface area is 118 Å². The lowest BCUT2D eigenvalue weighted by Crippen LogP contribution is -2.19. The Morgan fingerprint density at radius 3 is 2.78 bits per heavy atom. The van der Waals surface area contributed by atoms with E-state index in [1.807, 2.05) is 30.3 Å². The Morgan fingerprint density at radius 2 is 2.17 bits per heavy atom. The molecule has 2 rings (SSSR count). The highest BCUT2D eigenvalue weighted by Crippen LogP contribution is 2.08. The summed E-state index contributed by atoms with van der Waals surface area (Å²) in [7, 11) is 1.77. The number of amides is 1. The average Bonchev–Trinajstić information content (AvgIpc) is 2.70. The van der Waals surface area contributed by atoms with Crippen molar-refractivity contribution in [3.8, 4) is 0 Å². The predicted octanol–water partition coefficient (Wildman–Crippen LogP) is 1.79. The maximum atomic E-state index is 11.8. The summed E-state index contributed by atoms with van der Waals surface area (Å²) in [5.41, 5.74) is 3.75. The van der Waals surface area contributed by atoms with Crippen molar-refractivity contribution in [1.82, 2.24) is 15.2 Å². The second-order valence-corrected chi connectivity index (χ2v) is 4.77. The van der Waals surface area contributed by atoms with E-state index in [1.54, 1.807) is 24.1 Å². The van der Waals surface area contributed by atoms with Gasteiger partial charge < -0.3 is 0 Å². The summed E-state index contributed by atoms with van der Waals surface area (Å²) in [6.07, 6.45) is 3.37. The summed E-state index contributed by atoms with van der Waals surface area (Å²) in [5, 5.41) is 7.95. The summed E-state index contributed by atoms with van der Waals surface area (Å²) in [4.78, 5) is 11.8. The zero-order valence-electron chi connectivity index (χ0n) is 9.67. The van der Waals surface area contributed by atoms with Crippen LogP contribution >= 0.6 is 22.6 Å². The summed E-state index contributed by atoms with van der Waals surface area (Å²) in [6.45, 7) is 0. The molecular formula is C12H11IN4O. The molecule has 1 heterocycles. The minimum atomic E-state index is -0.313. The molecule has 0 saturated carbocycles. The SMILES string of the molecule is Cn1cc(I)c(C(=O)NN=Cc2ccccc2)n1. The lowest BCUT2D eigenvalue weighted by molar-refractivity contribution is 0.0948. The van der Waals surface area contributed by atoms with Crippen LogP contribution in [0.5, 0.6) is 0 Å². The van der Waals surface area contributed by atoms with Crippen molar-refractivity contribution in [2.24, 2.45) is 12.1 Å². The number of hydrogen-bond acceptors (Lipinski definition) is 3. The summed E-state index contributed by atoms with van der Waals surface area (Å²) >= 11 is 2.06. The minimum absolute atomic E-state index is 0.313. The van der Waals surface area contributed by atoms with E-state index in [0.29, 0.717) is 5.69 Å². The topological polar surface area (TPSA) is 59.3 Å². The van der Waals surface area contributed by atoms with Gasteiger partial charge in [-0.25, -0.2) is 5.43 Å². The van der Waals surface area contributed by atoms with Crippen LogP contribution in [0, 0.1) is 3.57 Å². The quantitative estimate of drug-likeness (QED) is 0.519. The Hall–Kier alpha value is -1.70. The smallest absolute Gasteiger partial charge is 0.274 e. The standard InChI is InChI=1S/C12H11IN4O/c1-17-8-10(13)11(16-17)12(18)15-14-7-9-5-3-2-4-6-9/h2-8H,1H3,(H,15,18). The molecule has 2 aromatic rings. The van der Waals surface area contributed by atoms with Crippen LogP contribution in [0.3, 0.4) is 0 Å². The first-order chi connectivity index (χ1) is 8.66. The van der Waals surface area contributed by atoms with Crippen LogP contribution in [0.15, 0.2) is 41.6 Å². The molecule has 0 bridgehead atoms. The highest BCUT2D eigenvalue weighted by molar-refractivity contribution is 14.1. The number of benzene rings is 1. The van der Waals surface area contributed by atoms with Gasteiger partial charge in [0.1, 0.15) is 0 Å². The van der Waals surface area contributed by atoms with Gasteiger partial charge in [-0.05, 0) is 28.2 Å². The van der Waals surface area contributed by atoms with Crippen LogP contribution in [0.4, 0.5) is 0 Å². The molecule has 0 atom stereocenters. The normalized spacial score (nSPS) is 10.8. The lowest BCUT2D eigenvalue weighted by Gasteiger charge is -1.96. The highest BCUT2D eigenvalue weighted by atomic mass is 127. The number of aromatic nitrogens is 2. The second-order valence-electron chi connectivity index (χ2n) is 3.61. The van der Waals surface area contributed by atoms with Crippen LogP contribution in [0.25, 0.3) is 0 Å². The Kier molecular flexibility index (Phi) is 4.08. The number of hydrazone groups is 1. The first kappa shape index (κ1) is 12.7. The Morgan fingerprint density at radius 1 is 1.44 bits per heavy atom. The Bertz CT molecular complexity index is 577. The molecule has 1 aromatic heterocycles.